The zero-order valence-corrected chi connectivity index (χ0v) is 29.1. The van der Waals surface area contributed by atoms with Crippen LogP contribution in [-0.2, 0) is 27.2 Å². The van der Waals surface area contributed by atoms with E-state index in [1.807, 2.05) is 0 Å². The Bertz CT molecular complexity index is 1160. The molecule has 2 heterocycles. The zero-order chi connectivity index (χ0) is 30.2. The van der Waals surface area contributed by atoms with E-state index in [2.05, 4.69) is 67.7 Å². The molecule has 0 bridgehead atoms. The van der Waals surface area contributed by atoms with Gasteiger partial charge in [0.25, 0.3) is 5.56 Å². The monoisotopic (exact) mass is 606 g/mol. The van der Waals surface area contributed by atoms with Crippen molar-refractivity contribution in [3.05, 3.63) is 32.6 Å². The van der Waals surface area contributed by atoms with Crippen LogP contribution in [0.1, 0.15) is 73.6 Å². The molecule has 1 aliphatic heterocycles. The lowest BCUT2D eigenvalue weighted by Gasteiger charge is -2.40. The van der Waals surface area contributed by atoms with Gasteiger partial charge in [0.1, 0.15) is 12.3 Å². The number of ether oxygens (including phenoxy) is 1. The smallest absolute Gasteiger partial charge is 0.414 e. The minimum absolute atomic E-state index is 0.00627. The summed E-state index contributed by atoms with van der Waals surface area (Å²) in [5.41, 5.74) is -1.30. The van der Waals surface area contributed by atoms with Crippen molar-refractivity contribution in [2.24, 2.45) is 0 Å². The molecule has 13 heteroatoms. The molecule has 1 aliphatic rings. The second-order valence-corrected chi connectivity index (χ2v) is 24.7. The highest BCUT2D eigenvalue weighted by molar-refractivity contribution is 7.52. The van der Waals surface area contributed by atoms with Crippen LogP contribution >= 0.6 is 7.75 Å². The van der Waals surface area contributed by atoms with E-state index in [9.17, 15) is 14.2 Å². The normalized spacial score (nSPS) is 21.5. The van der Waals surface area contributed by atoms with E-state index in [1.54, 1.807) is 20.8 Å². The molecule has 0 aromatic carbocycles. The first-order chi connectivity index (χ1) is 17.6. The van der Waals surface area contributed by atoms with Crippen LogP contribution < -0.4 is 11.2 Å². The topological polar surface area (TPSA) is 107 Å². The Balaban J connectivity index is 2.56. The van der Waals surface area contributed by atoms with Gasteiger partial charge in [-0.3, -0.25) is 18.4 Å². The van der Waals surface area contributed by atoms with Gasteiger partial charge in [-0.25, -0.2) is 9.36 Å². The standard InChI is InChI=1S/C26H51N2O8PSi2/c1-14-32-37(31,33-15-2)28-23(29)19(3)17-27(24(28)30)22-16-20(36-39(12,13)26(7,8)9)21(35-22)18-34-38(10,11)25(4,5)6/h17,20-22H,14-16,18H2,1-13H3/t20-,21+,22+/m0/s1. The first-order valence-electron chi connectivity index (χ1n) is 13.8. The molecular formula is C26H51N2O8PSi2. The summed E-state index contributed by atoms with van der Waals surface area (Å²) < 4.78 is 46.0. The molecule has 1 saturated heterocycles. The van der Waals surface area contributed by atoms with E-state index in [-0.39, 0.29) is 35.0 Å². The third kappa shape index (κ3) is 7.51. The Morgan fingerprint density at radius 1 is 0.974 bits per heavy atom. The molecule has 3 atom stereocenters. The Morgan fingerprint density at radius 3 is 1.95 bits per heavy atom. The van der Waals surface area contributed by atoms with E-state index < -0.39 is 48.0 Å². The first-order valence-corrected chi connectivity index (χ1v) is 21.1. The summed E-state index contributed by atoms with van der Waals surface area (Å²) >= 11 is 0. The van der Waals surface area contributed by atoms with Crippen molar-refractivity contribution >= 4 is 24.4 Å². The number of aromatic nitrogens is 2. The molecule has 0 saturated carbocycles. The van der Waals surface area contributed by atoms with Crippen molar-refractivity contribution in [2.45, 2.75) is 123 Å². The highest BCUT2D eigenvalue weighted by Gasteiger charge is 2.47. The lowest BCUT2D eigenvalue weighted by Crippen LogP contribution is -2.48. The fraction of sp³-hybridized carbons (Fsp3) is 0.846. The van der Waals surface area contributed by atoms with Gasteiger partial charge in [-0.15, -0.1) is 0 Å². The minimum atomic E-state index is -4.21. The maximum Gasteiger partial charge on any atom is 0.446 e. The van der Waals surface area contributed by atoms with Crippen LogP contribution in [0.4, 0.5) is 0 Å². The van der Waals surface area contributed by atoms with Gasteiger partial charge in [-0.2, -0.15) is 4.34 Å². The molecule has 0 N–H and O–H groups in total. The SMILES string of the molecule is CCOP(=O)(OCC)n1c(=O)c(C)cn([C@H]2C[C@H](O[Si](C)(C)C(C)(C)C)[C@@H](CO[Si](C)(C)C(C)(C)C)O2)c1=O. The van der Waals surface area contributed by atoms with Gasteiger partial charge in [0, 0.05) is 18.2 Å². The summed E-state index contributed by atoms with van der Waals surface area (Å²) in [7, 11) is -8.50. The lowest BCUT2D eigenvalue weighted by atomic mass is 10.2. The second-order valence-electron chi connectivity index (χ2n) is 13.3. The number of rotatable bonds is 11. The van der Waals surface area contributed by atoms with Crippen molar-refractivity contribution in [1.82, 2.24) is 8.90 Å². The van der Waals surface area contributed by atoms with Gasteiger partial charge in [0.05, 0.1) is 25.9 Å². The Morgan fingerprint density at radius 2 is 1.49 bits per heavy atom. The summed E-state index contributed by atoms with van der Waals surface area (Å²) in [4.78, 5) is 26.7. The summed E-state index contributed by atoms with van der Waals surface area (Å²) in [6.07, 6.45) is 0.343. The van der Waals surface area contributed by atoms with Gasteiger partial charge in [0.15, 0.2) is 16.6 Å². The van der Waals surface area contributed by atoms with Gasteiger partial charge >= 0.3 is 13.4 Å². The van der Waals surface area contributed by atoms with Crippen LogP contribution in [0.25, 0.3) is 0 Å². The van der Waals surface area contributed by atoms with Crippen LogP contribution in [0.2, 0.25) is 36.3 Å². The molecule has 1 aromatic rings. The maximum atomic E-state index is 13.7. The Hall–Kier alpha value is -0.856. The summed E-state index contributed by atoms with van der Waals surface area (Å²) in [5, 5.41) is -0.0117. The Labute approximate surface area is 236 Å². The molecular weight excluding hydrogens is 555 g/mol. The van der Waals surface area contributed by atoms with E-state index in [0.717, 1.165) is 0 Å². The summed E-state index contributed by atoms with van der Waals surface area (Å²) in [5.74, 6) is 0. The highest BCUT2D eigenvalue weighted by atomic mass is 31.2. The van der Waals surface area contributed by atoms with Crippen LogP contribution in [0.15, 0.2) is 15.8 Å². The van der Waals surface area contributed by atoms with Gasteiger partial charge < -0.3 is 13.6 Å². The second kappa shape index (κ2) is 12.2. The maximum absolute atomic E-state index is 13.7. The van der Waals surface area contributed by atoms with E-state index >= 15 is 0 Å². The molecule has 0 radical (unpaired) electrons. The minimum Gasteiger partial charge on any atom is -0.414 e. The number of aryl methyl sites for hydroxylation is 1. The molecule has 0 spiro atoms. The fourth-order valence-corrected chi connectivity index (χ4v) is 7.81. The van der Waals surface area contributed by atoms with E-state index in [4.69, 9.17) is 22.6 Å². The predicted octanol–water partition coefficient (Wildman–Crippen LogP) is 6.05. The van der Waals surface area contributed by atoms with Crippen molar-refractivity contribution in [2.75, 3.05) is 19.8 Å². The third-order valence-electron chi connectivity index (χ3n) is 8.25. The number of hydrogen-bond donors (Lipinski definition) is 0. The fourth-order valence-electron chi connectivity index (χ4n) is 3.79. The average molecular weight is 607 g/mol. The zero-order valence-electron chi connectivity index (χ0n) is 26.2. The number of nitrogens with zero attached hydrogens (tertiary/aromatic N) is 2. The molecule has 226 valence electrons. The first kappa shape index (κ1) is 34.3. The van der Waals surface area contributed by atoms with E-state index in [1.165, 1.54) is 10.8 Å². The predicted molar refractivity (Wildman–Crippen MR) is 160 cm³/mol. The third-order valence-corrected chi connectivity index (χ3v) is 19.3. The molecule has 0 aliphatic carbocycles. The van der Waals surface area contributed by atoms with Crippen LogP contribution in [0, 0.1) is 6.92 Å². The molecule has 2 rings (SSSR count). The van der Waals surface area contributed by atoms with Crippen molar-refractivity contribution < 1.29 is 27.2 Å². The number of hydrogen-bond acceptors (Lipinski definition) is 8. The van der Waals surface area contributed by atoms with Crippen LogP contribution in [0.3, 0.4) is 0 Å². The van der Waals surface area contributed by atoms with Crippen LogP contribution in [0.5, 0.6) is 0 Å². The lowest BCUT2D eigenvalue weighted by molar-refractivity contribution is -0.0415. The summed E-state index contributed by atoms with van der Waals surface area (Å²) in [6, 6.07) is 0. The van der Waals surface area contributed by atoms with Crippen molar-refractivity contribution in [3.8, 4) is 0 Å². The van der Waals surface area contributed by atoms with E-state index in [0.29, 0.717) is 17.4 Å². The molecule has 39 heavy (non-hydrogen) atoms. The largest absolute Gasteiger partial charge is 0.446 e. The summed E-state index contributed by atoms with van der Waals surface area (Å²) in [6.45, 7) is 27.0. The molecule has 1 fully saturated rings. The van der Waals surface area contributed by atoms with Gasteiger partial charge in [-0.1, -0.05) is 41.5 Å². The molecule has 0 unspecified atom stereocenters. The quantitative estimate of drug-likeness (QED) is 0.221. The molecule has 10 nitrogen and oxygen atoms in total. The van der Waals surface area contributed by atoms with Gasteiger partial charge in [0.2, 0.25) is 0 Å². The van der Waals surface area contributed by atoms with Crippen molar-refractivity contribution in [1.29, 1.82) is 0 Å². The van der Waals surface area contributed by atoms with Crippen LogP contribution in [-0.4, -0.2) is 57.6 Å². The molecule has 0 amide bonds. The van der Waals surface area contributed by atoms with Gasteiger partial charge in [-0.05, 0) is 57.0 Å². The Kier molecular flexibility index (Phi) is 10.7. The highest BCUT2D eigenvalue weighted by Crippen LogP contribution is 2.47. The van der Waals surface area contributed by atoms with Crippen molar-refractivity contribution in [3.63, 3.8) is 0 Å². The average Bonchev–Trinajstić information content (AvgIpc) is 3.15. The molecule has 1 aromatic heterocycles.